The second-order valence-electron chi connectivity index (χ2n) is 10.8. The third kappa shape index (κ3) is 8.84. The first kappa shape index (κ1) is 39.8. The summed E-state index contributed by atoms with van der Waals surface area (Å²) in [6.07, 6.45) is -21.2. The maximum atomic E-state index is 13.9. The van der Waals surface area contributed by atoms with Crippen molar-refractivity contribution >= 4 is 43.9 Å². The second kappa shape index (κ2) is 14.8. The molecule has 0 amide bonds. The molecule has 6 nitrogen and oxygen atoms in total. The lowest BCUT2D eigenvalue weighted by Crippen LogP contribution is -2.42. The SMILES string of the molecule is O=S(ON1B(Br)N(S(=O)Oc2cc(C(F)(F)F)cc(C(F)(F)F)c2)[C@@H](c2ccccc2)[C@@H]1c1ccccc1)c1cc(C(F)(F)F)cc(C(F)(F)F)c1. The minimum atomic E-state index is -5.31. The van der Waals surface area contributed by atoms with E-state index in [1.165, 1.54) is 48.5 Å². The average molecular weight is 853 g/mol. The minimum absolute atomic E-state index is 0.168. The molecular weight excluding hydrogens is 835 g/mol. The van der Waals surface area contributed by atoms with Gasteiger partial charge in [0.2, 0.25) is 11.1 Å². The third-order valence-corrected chi connectivity index (χ3v) is 10.5. The highest BCUT2D eigenvalue weighted by Crippen LogP contribution is 2.49. The molecule has 4 aromatic carbocycles. The maximum absolute atomic E-state index is 13.9. The van der Waals surface area contributed by atoms with Crippen molar-refractivity contribution in [2.45, 2.75) is 41.7 Å². The molecular formula is C30H18BBrF12N2O4S2. The van der Waals surface area contributed by atoms with Crippen molar-refractivity contribution in [2.75, 3.05) is 0 Å². The van der Waals surface area contributed by atoms with Gasteiger partial charge in [-0.3, -0.25) is 0 Å². The van der Waals surface area contributed by atoms with E-state index in [0.29, 0.717) is 0 Å². The molecule has 0 bridgehead atoms. The van der Waals surface area contributed by atoms with Crippen LogP contribution in [-0.2, 0) is 51.3 Å². The van der Waals surface area contributed by atoms with Crippen molar-refractivity contribution in [2.24, 2.45) is 0 Å². The molecule has 4 atom stereocenters. The number of benzene rings is 4. The van der Waals surface area contributed by atoms with Gasteiger partial charge in [0.25, 0.3) is 11.3 Å². The van der Waals surface area contributed by atoms with E-state index in [0.717, 1.165) is 9.19 Å². The Morgan fingerprint density at radius 2 is 0.962 bits per heavy atom. The van der Waals surface area contributed by atoms with Crippen LogP contribution in [0.15, 0.2) is 102 Å². The quantitative estimate of drug-likeness (QED) is 0.131. The van der Waals surface area contributed by atoms with E-state index in [1.54, 1.807) is 12.1 Å². The number of alkyl halides is 12. The van der Waals surface area contributed by atoms with Crippen LogP contribution >= 0.6 is 15.8 Å². The number of halogens is 13. The van der Waals surface area contributed by atoms with Crippen LogP contribution in [0.5, 0.6) is 5.75 Å². The largest absolute Gasteiger partial charge is 0.432 e. The Morgan fingerprint density at radius 1 is 0.577 bits per heavy atom. The first-order valence-corrected chi connectivity index (χ1v) is 17.2. The molecule has 2 unspecified atom stereocenters. The summed E-state index contributed by atoms with van der Waals surface area (Å²) in [5.41, 5.74) is -6.66. The van der Waals surface area contributed by atoms with Gasteiger partial charge in [-0.2, -0.15) is 66.1 Å². The molecule has 0 aliphatic carbocycles. The molecule has 1 aliphatic heterocycles. The smallest absolute Gasteiger partial charge is 0.390 e. The van der Waals surface area contributed by atoms with E-state index in [1.807, 2.05) is 0 Å². The third-order valence-electron chi connectivity index (χ3n) is 7.36. The molecule has 22 heteroatoms. The zero-order valence-electron chi connectivity index (χ0n) is 25.2. The lowest BCUT2D eigenvalue weighted by molar-refractivity contribution is -0.144. The van der Waals surface area contributed by atoms with E-state index in [9.17, 15) is 61.1 Å². The molecule has 4 aromatic rings. The predicted octanol–water partition coefficient (Wildman–Crippen LogP) is 9.85. The number of nitrogens with zero attached hydrogens (tertiary/aromatic N) is 2. The van der Waals surface area contributed by atoms with E-state index >= 15 is 0 Å². The van der Waals surface area contributed by atoms with Gasteiger partial charge in [-0.15, -0.1) is 15.8 Å². The average Bonchev–Trinajstić information content (AvgIpc) is 3.35. The number of hydrogen-bond acceptors (Lipinski definition) is 5. The van der Waals surface area contributed by atoms with Crippen molar-refractivity contribution < 1.29 is 69.6 Å². The number of rotatable bonds is 8. The molecule has 1 aliphatic rings. The second-order valence-corrected chi connectivity index (χ2v) is 13.8. The topological polar surface area (TPSA) is 59.1 Å². The normalized spacial score (nSPS) is 19.1. The zero-order chi connectivity index (χ0) is 38.4. The van der Waals surface area contributed by atoms with Gasteiger partial charge in [-0.05, 0) is 47.5 Å². The van der Waals surface area contributed by atoms with Gasteiger partial charge in [-0.25, -0.2) is 8.49 Å². The molecule has 52 heavy (non-hydrogen) atoms. The molecule has 1 fully saturated rings. The summed E-state index contributed by atoms with van der Waals surface area (Å²) in [5, 5.41) is 0. The highest BCUT2D eigenvalue weighted by atomic mass is 79.9. The molecule has 0 N–H and O–H groups in total. The van der Waals surface area contributed by atoms with Crippen LogP contribution in [0.1, 0.15) is 45.5 Å². The van der Waals surface area contributed by atoms with Crippen molar-refractivity contribution in [1.29, 1.82) is 0 Å². The monoisotopic (exact) mass is 852 g/mol. The Kier molecular flexibility index (Phi) is 11.3. The van der Waals surface area contributed by atoms with Crippen LogP contribution in [0.2, 0.25) is 0 Å². The van der Waals surface area contributed by atoms with E-state index in [2.05, 4.69) is 15.8 Å². The summed E-state index contributed by atoms with van der Waals surface area (Å²) in [4.78, 5) is -0.324. The molecule has 0 spiro atoms. The van der Waals surface area contributed by atoms with Gasteiger partial charge in [0.15, 0.2) is 0 Å². The molecule has 0 radical (unpaired) electrons. The van der Waals surface area contributed by atoms with E-state index in [-0.39, 0.29) is 47.5 Å². The first-order valence-electron chi connectivity index (χ1n) is 14.2. The van der Waals surface area contributed by atoms with E-state index in [4.69, 9.17) is 8.47 Å². The summed E-state index contributed by atoms with van der Waals surface area (Å²) in [6, 6.07) is 12.7. The van der Waals surface area contributed by atoms with Crippen molar-refractivity contribution in [1.82, 2.24) is 9.19 Å². The minimum Gasteiger partial charge on any atom is -0.390 e. The molecule has 1 saturated heterocycles. The molecule has 0 aromatic heterocycles. The number of hydrogen-bond donors (Lipinski definition) is 0. The molecule has 0 saturated carbocycles. The fraction of sp³-hybridized carbons (Fsp3) is 0.200. The first-order chi connectivity index (χ1) is 24.1. The van der Waals surface area contributed by atoms with Crippen LogP contribution in [0.3, 0.4) is 0 Å². The molecule has 5 rings (SSSR count). The van der Waals surface area contributed by atoms with Crippen LogP contribution in [-0.4, -0.2) is 23.4 Å². The van der Waals surface area contributed by atoms with Gasteiger partial charge in [0.05, 0.1) is 39.2 Å². The lowest BCUT2D eigenvalue weighted by atomic mass is 9.95. The molecule has 1 heterocycles. The standard InChI is InChI=1S/C30H18BBrF12N2O4S2/c32-31-45(50-51(47)24-15-21(29(39,40)41)12-22(16-24)30(42,43)44)25(17-7-3-1-4-8-17)26(18-9-5-2-6-10-18)46(31)52(48)49-23-13-19(27(33,34)35)11-20(14-23)28(36,37)38/h1-16,25-26H/t25-,26-,51?,52?/m0/s1. The highest BCUT2D eigenvalue weighted by molar-refractivity contribution is 9.24. The zero-order valence-corrected chi connectivity index (χ0v) is 28.4. The van der Waals surface area contributed by atoms with Gasteiger partial charge >= 0.3 is 30.5 Å². The van der Waals surface area contributed by atoms with Gasteiger partial charge in [0, 0.05) is 0 Å². The summed E-state index contributed by atoms with van der Waals surface area (Å²) < 4.78 is 202. The van der Waals surface area contributed by atoms with Gasteiger partial charge in [-0.1, -0.05) is 60.7 Å². The fourth-order valence-electron chi connectivity index (χ4n) is 5.10. The highest BCUT2D eigenvalue weighted by Gasteiger charge is 2.56. The Morgan fingerprint density at radius 3 is 1.37 bits per heavy atom. The van der Waals surface area contributed by atoms with Crippen molar-refractivity contribution in [3.63, 3.8) is 0 Å². The Hall–Kier alpha value is -3.44. The van der Waals surface area contributed by atoms with Crippen molar-refractivity contribution in [3.05, 3.63) is 130 Å². The summed E-state index contributed by atoms with van der Waals surface area (Å²) in [7, 11) is 0. The summed E-state index contributed by atoms with van der Waals surface area (Å²) in [5.74, 6) is -2.80. The van der Waals surface area contributed by atoms with E-state index < -0.39 is 97.8 Å². The van der Waals surface area contributed by atoms with Crippen LogP contribution in [0.4, 0.5) is 52.7 Å². The maximum Gasteiger partial charge on any atom is 0.432 e. The lowest BCUT2D eigenvalue weighted by Gasteiger charge is -2.28. The summed E-state index contributed by atoms with van der Waals surface area (Å²) in [6.45, 7) is 0. The van der Waals surface area contributed by atoms with Crippen LogP contribution in [0.25, 0.3) is 0 Å². The Bertz CT molecular complexity index is 1890. The molecule has 278 valence electrons. The van der Waals surface area contributed by atoms with Gasteiger partial charge in [0.1, 0.15) is 5.75 Å². The fourth-order valence-corrected chi connectivity index (χ4v) is 8.08. The Labute approximate surface area is 299 Å². The van der Waals surface area contributed by atoms with Crippen molar-refractivity contribution in [3.8, 4) is 5.75 Å². The van der Waals surface area contributed by atoms with Crippen LogP contribution < -0.4 is 4.18 Å². The number of hydroxylamine groups is 1. The predicted molar refractivity (Wildman–Crippen MR) is 166 cm³/mol. The summed E-state index contributed by atoms with van der Waals surface area (Å²) >= 11 is -3.07. The van der Waals surface area contributed by atoms with Crippen LogP contribution in [0, 0.1) is 0 Å². The van der Waals surface area contributed by atoms with Gasteiger partial charge < -0.3 is 4.18 Å². The Balaban J connectivity index is 1.62.